The van der Waals surface area contributed by atoms with Crippen LogP contribution >= 0.6 is 0 Å². The molecule has 9 nitrogen and oxygen atoms in total. The molecule has 190 valence electrons. The molecule has 0 radical (unpaired) electrons. The molecule has 1 aliphatic rings. The van der Waals surface area contributed by atoms with Gasteiger partial charge in [-0.05, 0) is 61.0 Å². The lowest BCUT2D eigenvalue weighted by Crippen LogP contribution is -2.46. The summed E-state index contributed by atoms with van der Waals surface area (Å²) >= 11 is -1.61. The summed E-state index contributed by atoms with van der Waals surface area (Å²) in [5, 5.41) is 3.81. The number of nitrogens with zero attached hydrogens (tertiary/aromatic N) is 3. The first kappa shape index (κ1) is 25.5. The molecule has 5 N–H and O–H groups in total. The Labute approximate surface area is 214 Å². The third-order valence-corrected chi connectivity index (χ3v) is 7.09. The lowest BCUT2D eigenvalue weighted by atomic mass is 10.1. The van der Waals surface area contributed by atoms with Crippen molar-refractivity contribution in [3.63, 3.8) is 0 Å². The number of piperazine rings is 1. The maximum absolute atomic E-state index is 12.6. The zero-order valence-electron chi connectivity index (χ0n) is 20.5. The van der Waals surface area contributed by atoms with E-state index in [0.717, 1.165) is 55.1 Å². The third-order valence-electron chi connectivity index (χ3n) is 6.10. The normalized spacial score (nSPS) is 15.4. The van der Waals surface area contributed by atoms with Gasteiger partial charge in [0.25, 0.3) is 0 Å². The molecule has 0 amide bonds. The summed E-state index contributed by atoms with van der Waals surface area (Å²) < 4.78 is 23.9. The van der Waals surface area contributed by atoms with Crippen molar-refractivity contribution in [1.82, 2.24) is 10.4 Å². The van der Waals surface area contributed by atoms with Crippen LogP contribution in [0.1, 0.15) is 16.7 Å². The van der Waals surface area contributed by atoms with Crippen LogP contribution in [0.25, 0.3) is 0 Å². The highest BCUT2D eigenvalue weighted by Gasteiger charge is 2.19. The molecule has 3 aromatic carbocycles. The molecule has 1 fully saturated rings. The summed E-state index contributed by atoms with van der Waals surface area (Å²) in [5.74, 6) is 6.57. The van der Waals surface area contributed by atoms with Gasteiger partial charge in [-0.15, -0.1) is 5.10 Å². The Morgan fingerprint density at radius 1 is 1.00 bits per heavy atom. The second-order valence-corrected chi connectivity index (χ2v) is 9.66. The highest BCUT2D eigenvalue weighted by Crippen LogP contribution is 2.30. The van der Waals surface area contributed by atoms with E-state index in [1.807, 2.05) is 73.7 Å². The highest BCUT2D eigenvalue weighted by atomic mass is 32.2. The molecule has 1 unspecified atom stereocenters. The minimum atomic E-state index is -1.61. The fourth-order valence-electron chi connectivity index (χ4n) is 4.06. The number of aryl methyl sites for hydroxylation is 1. The number of nitrogens with one attached hydrogen (secondary N) is 1. The SMILES string of the molecule is COc1cc(CN2CCN(c3ccc(/C(N)=N/NN)cc3)CC2)ccc1OS(=O)c1ccc(C)cc1. The molecular weight excluding hydrogens is 476 g/mol. The van der Waals surface area contributed by atoms with Crippen molar-refractivity contribution >= 4 is 22.6 Å². The first-order chi connectivity index (χ1) is 17.5. The molecule has 3 aromatic rings. The Bertz CT molecular complexity index is 1210. The average molecular weight is 509 g/mol. The number of methoxy groups -OCH3 is 1. The summed E-state index contributed by atoms with van der Waals surface area (Å²) in [6.45, 7) is 6.48. The van der Waals surface area contributed by atoms with Crippen LogP contribution < -0.4 is 30.9 Å². The Kier molecular flexibility index (Phi) is 8.42. The first-order valence-corrected chi connectivity index (χ1v) is 12.7. The molecular formula is C26H32N6O3S. The van der Waals surface area contributed by atoms with Gasteiger partial charge in [0.15, 0.2) is 17.3 Å². The highest BCUT2D eigenvalue weighted by molar-refractivity contribution is 7.80. The Morgan fingerprint density at radius 2 is 1.69 bits per heavy atom. The summed E-state index contributed by atoms with van der Waals surface area (Å²) in [6.07, 6.45) is 0. The lowest BCUT2D eigenvalue weighted by molar-refractivity contribution is 0.249. The van der Waals surface area contributed by atoms with Gasteiger partial charge in [-0.3, -0.25) is 4.90 Å². The number of ether oxygens (including phenoxy) is 1. The third kappa shape index (κ3) is 6.34. The molecule has 10 heteroatoms. The van der Waals surface area contributed by atoms with Crippen LogP contribution in [0.15, 0.2) is 76.7 Å². The van der Waals surface area contributed by atoms with Crippen LogP contribution in [0.4, 0.5) is 5.69 Å². The van der Waals surface area contributed by atoms with E-state index < -0.39 is 11.1 Å². The predicted molar refractivity (Wildman–Crippen MR) is 143 cm³/mol. The van der Waals surface area contributed by atoms with Crippen LogP contribution in [0.5, 0.6) is 11.5 Å². The number of hydrogen-bond donors (Lipinski definition) is 3. The molecule has 0 bridgehead atoms. The Balaban J connectivity index is 1.33. The topological polar surface area (TPSA) is 118 Å². The molecule has 1 heterocycles. The quantitative estimate of drug-likeness (QED) is 0.175. The van der Waals surface area contributed by atoms with Gasteiger partial charge in [-0.25, -0.2) is 15.6 Å². The lowest BCUT2D eigenvalue weighted by Gasteiger charge is -2.36. The standard InChI is InChI=1S/C26H32N6O3S/c1-19-3-10-23(11-4-19)36(33)35-24-12-5-20(17-25(24)34-2)18-31-13-15-32(16-14-31)22-8-6-21(7-9-22)26(27)29-30-28/h3-12,17,30H,13-16,18,28H2,1-2H3,(H2,27,29). The zero-order chi connectivity index (χ0) is 25.5. The summed E-state index contributed by atoms with van der Waals surface area (Å²) in [7, 11) is 1.59. The molecule has 0 saturated carbocycles. The van der Waals surface area contributed by atoms with Crippen molar-refractivity contribution in [3.05, 3.63) is 83.4 Å². The first-order valence-electron chi connectivity index (χ1n) is 11.7. The fraction of sp³-hybridized carbons (Fsp3) is 0.269. The molecule has 0 aromatic heterocycles. The van der Waals surface area contributed by atoms with Crippen molar-refractivity contribution < 1.29 is 13.1 Å². The molecule has 1 aliphatic heterocycles. The van der Waals surface area contributed by atoms with Crippen LogP contribution in [-0.4, -0.2) is 48.2 Å². The number of anilines is 1. The number of amidine groups is 1. The maximum atomic E-state index is 12.6. The minimum Gasteiger partial charge on any atom is -0.493 e. The van der Waals surface area contributed by atoms with Crippen molar-refractivity contribution in [1.29, 1.82) is 0 Å². The summed E-state index contributed by atoms with van der Waals surface area (Å²) in [4.78, 5) is 5.37. The second-order valence-electron chi connectivity index (χ2n) is 8.55. The number of hydrazine groups is 1. The van der Waals surface area contributed by atoms with Crippen LogP contribution in [0.2, 0.25) is 0 Å². The maximum Gasteiger partial charge on any atom is 0.240 e. The number of rotatable bonds is 9. The van der Waals surface area contributed by atoms with Gasteiger partial charge < -0.3 is 19.6 Å². The summed E-state index contributed by atoms with van der Waals surface area (Å²) in [5.41, 5.74) is 12.3. The van der Waals surface area contributed by atoms with E-state index in [9.17, 15) is 4.21 Å². The molecule has 0 spiro atoms. The van der Waals surface area contributed by atoms with Crippen molar-refractivity contribution in [3.8, 4) is 11.5 Å². The van der Waals surface area contributed by atoms with Crippen LogP contribution in [0, 0.1) is 6.92 Å². The van der Waals surface area contributed by atoms with E-state index >= 15 is 0 Å². The van der Waals surface area contributed by atoms with E-state index in [1.165, 1.54) is 0 Å². The predicted octanol–water partition coefficient (Wildman–Crippen LogP) is 2.51. The Morgan fingerprint density at radius 3 is 2.33 bits per heavy atom. The molecule has 0 aliphatic carbocycles. The van der Waals surface area contributed by atoms with Crippen LogP contribution in [-0.2, 0) is 17.6 Å². The number of hydrogen-bond acceptors (Lipinski definition) is 8. The van der Waals surface area contributed by atoms with Crippen molar-refractivity contribution in [2.24, 2.45) is 16.7 Å². The largest absolute Gasteiger partial charge is 0.493 e. The average Bonchev–Trinajstić information content (AvgIpc) is 2.90. The molecule has 4 rings (SSSR count). The molecule has 1 saturated heterocycles. The van der Waals surface area contributed by atoms with Gasteiger partial charge in [0.2, 0.25) is 11.1 Å². The fourth-order valence-corrected chi connectivity index (χ4v) is 4.81. The second kappa shape index (κ2) is 11.9. The smallest absolute Gasteiger partial charge is 0.240 e. The van der Waals surface area contributed by atoms with E-state index in [4.69, 9.17) is 20.5 Å². The number of hydrazone groups is 1. The van der Waals surface area contributed by atoms with Gasteiger partial charge in [-0.2, -0.15) is 0 Å². The minimum absolute atomic E-state index is 0.349. The van der Waals surface area contributed by atoms with Gasteiger partial charge in [0.1, 0.15) is 0 Å². The Hall–Kier alpha value is -3.60. The van der Waals surface area contributed by atoms with E-state index in [2.05, 4.69) is 20.4 Å². The summed E-state index contributed by atoms with van der Waals surface area (Å²) in [6, 6.07) is 21.2. The van der Waals surface area contributed by atoms with Gasteiger partial charge >= 0.3 is 0 Å². The number of benzene rings is 3. The molecule has 1 atom stereocenters. The van der Waals surface area contributed by atoms with E-state index in [-0.39, 0.29) is 0 Å². The van der Waals surface area contributed by atoms with Crippen molar-refractivity contribution in [2.45, 2.75) is 18.4 Å². The zero-order valence-corrected chi connectivity index (χ0v) is 21.3. The number of nitrogens with two attached hydrogens (primary N) is 2. The van der Waals surface area contributed by atoms with Gasteiger partial charge in [0, 0.05) is 44.0 Å². The van der Waals surface area contributed by atoms with E-state index in [1.54, 1.807) is 7.11 Å². The van der Waals surface area contributed by atoms with Crippen LogP contribution in [0.3, 0.4) is 0 Å². The van der Waals surface area contributed by atoms with Crippen molar-refractivity contribution in [2.75, 3.05) is 38.2 Å². The molecule has 36 heavy (non-hydrogen) atoms. The monoisotopic (exact) mass is 508 g/mol. The van der Waals surface area contributed by atoms with Gasteiger partial charge in [-0.1, -0.05) is 23.8 Å². The van der Waals surface area contributed by atoms with E-state index in [0.29, 0.717) is 22.2 Å². The van der Waals surface area contributed by atoms with Gasteiger partial charge in [0.05, 0.1) is 12.0 Å².